The van der Waals surface area contributed by atoms with Gasteiger partial charge in [0.2, 0.25) is 0 Å². The number of Topliss-reactive ketones (excluding diaryl/α,β-unsaturated/α-hetero) is 1. The van der Waals surface area contributed by atoms with E-state index in [1.165, 1.54) is 12.5 Å². The number of carbonyl (C=O) groups excluding carboxylic acids is 2. The van der Waals surface area contributed by atoms with Crippen LogP contribution in [0.4, 0.5) is 0 Å². The normalized spacial score (nSPS) is 15.5. The largest absolute Gasteiger partial charge is 0.342 e. The van der Waals surface area contributed by atoms with E-state index in [0.29, 0.717) is 17.0 Å². The van der Waals surface area contributed by atoms with Gasteiger partial charge in [-0.1, -0.05) is 39.0 Å². The van der Waals surface area contributed by atoms with Gasteiger partial charge in [-0.2, -0.15) is 9.61 Å². The molecule has 3 heterocycles. The lowest BCUT2D eigenvalue weighted by molar-refractivity contribution is -0.121. The van der Waals surface area contributed by atoms with Crippen molar-refractivity contribution >= 4 is 39.0 Å². The van der Waals surface area contributed by atoms with Crippen molar-refractivity contribution in [1.29, 1.82) is 0 Å². The number of benzene rings is 2. The molecule has 1 fully saturated rings. The topological polar surface area (TPSA) is 115 Å². The van der Waals surface area contributed by atoms with E-state index in [4.69, 9.17) is 5.10 Å². The first-order valence-corrected chi connectivity index (χ1v) is 13.4. The van der Waals surface area contributed by atoms with Crippen molar-refractivity contribution in [2.24, 2.45) is 5.41 Å². The van der Waals surface area contributed by atoms with Crippen LogP contribution in [0.15, 0.2) is 54.2 Å². The number of hydrogen-bond acceptors (Lipinski definition) is 8. The summed E-state index contributed by atoms with van der Waals surface area (Å²) < 4.78 is 2.89. The van der Waals surface area contributed by atoms with Gasteiger partial charge in [0, 0.05) is 11.1 Å². The quantitative estimate of drug-likeness (QED) is 0.344. The van der Waals surface area contributed by atoms with Gasteiger partial charge in [0.25, 0.3) is 11.7 Å². The summed E-state index contributed by atoms with van der Waals surface area (Å²) in [6.07, 6.45) is 3.59. The fourth-order valence-corrected chi connectivity index (χ4v) is 5.70. The third-order valence-electron chi connectivity index (χ3n) is 7.19. The molecule has 0 spiro atoms. The Labute approximate surface area is 223 Å². The van der Waals surface area contributed by atoms with Crippen molar-refractivity contribution in [1.82, 2.24) is 35.1 Å². The number of hydrogen-bond donors (Lipinski definition) is 1. The lowest BCUT2D eigenvalue weighted by atomic mass is 9.84. The third kappa shape index (κ3) is 4.14. The molecule has 1 aliphatic carbocycles. The van der Waals surface area contributed by atoms with Crippen LogP contribution in [-0.2, 0) is 10.2 Å². The maximum atomic E-state index is 12.8. The smallest absolute Gasteiger partial charge is 0.271 e. The number of amides is 1. The molecule has 10 heteroatoms. The van der Waals surface area contributed by atoms with Gasteiger partial charge in [-0.3, -0.25) is 9.59 Å². The van der Waals surface area contributed by atoms with E-state index in [1.54, 1.807) is 34.2 Å². The molecule has 3 aromatic heterocycles. The first-order valence-electron chi connectivity index (χ1n) is 12.5. The Morgan fingerprint density at radius 3 is 2.50 bits per heavy atom. The van der Waals surface area contributed by atoms with Crippen LogP contribution in [0.5, 0.6) is 0 Å². The van der Waals surface area contributed by atoms with E-state index < -0.39 is 6.04 Å². The Kier molecular flexibility index (Phi) is 5.60. The minimum atomic E-state index is -0.568. The van der Waals surface area contributed by atoms with E-state index >= 15 is 0 Å². The molecule has 1 saturated carbocycles. The highest BCUT2D eigenvalue weighted by Crippen LogP contribution is 2.53. The maximum absolute atomic E-state index is 12.8. The molecule has 192 valence electrons. The minimum absolute atomic E-state index is 0.0730. The van der Waals surface area contributed by atoms with Crippen molar-refractivity contribution in [3.05, 3.63) is 71.1 Å². The molecule has 9 nitrogen and oxygen atoms in total. The van der Waals surface area contributed by atoms with E-state index in [9.17, 15) is 9.59 Å². The van der Waals surface area contributed by atoms with Crippen LogP contribution in [0.3, 0.4) is 0 Å². The molecule has 2 aromatic carbocycles. The van der Waals surface area contributed by atoms with Gasteiger partial charge in [0.05, 0.1) is 33.4 Å². The predicted octanol–water partition coefficient (Wildman–Crippen LogP) is 4.61. The summed E-state index contributed by atoms with van der Waals surface area (Å²) in [6, 6.07) is 12.9. The van der Waals surface area contributed by atoms with E-state index in [2.05, 4.69) is 43.7 Å². The molecule has 0 bridgehead atoms. The van der Waals surface area contributed by atoms with Crippen LogP contribution in [0.1, 0.15) is 62.3 Å². The number of thiazole rings is 1. The number of aromatic nitrogens is 6. The fourth-order valence-electron chi connectivity index (χ4n) is 4.98. The SMILES string of the molecule is CC(=O)[C@@H](NC(=O)c1ccc(-c2cnc3nnc(C4(c5ccc6ncsc6c5)CC4)n3n2)cc1)C(C)(C)C. The lowest BCUT2D eigenvalue weighted by Gasteiger charge is -2.29. The van der Waals surface area contributed by atoms with Crippen LogP contribution < -0.4 is 5.32 Å². The minimum Gasteiger partial charge on any atom is -0.342 e. The van der Waals surface area contributed by atoms with E-state index in [0.717, 1.165) is 34.4 Å². The second kappa shape index (κ2) is 8.76. The number of rotatable bonds is 6. The van der Waals surface area contributed by atoms with Gasteiger partial charge in [-0.05, 0) is 55.0 Å². The van der Waals surface area contributed by atoms with Gasteiger partial charge in [-0.15, -0.1) is 21.5 Å². The highest BCUT2D eigenvalue weighted by molar-refractivity contribution is 7.16. The molecule has 6 rings (SSSR count). The lowest BCUT2D eigenvalue weighted by Crippen LogP contribution is -2.48. The monoisotopic (exact) mass is 525 g/mol. The summed E-state index contributed by atoms with van der Waals surface area (Å²) in [7, 11) is 0. The molecular formula is C28H27N7O2S. The first-order chi connectivity index (χ1) is 18.2. The zero-order chi connectivity index (χ0) is 26.7. The Morgan fingerprint density at radius 2 is 1.82 bits per heavy atom. The van der Waals surface area contributed by atoms with E-state index in [-0.39, 0.29) is 22.5 Å². The summed E-state index contributed by atoms with van der Waals surface area (Å²) in [4.78, 5) is 33.8. The van der Waals surface area contributed by atoms with Crippen molar-refractivity contribution in [3.8, 4) is 11.3 Å². The highest BCUT2D eigenvalue weighted by Gasteiger charge is 2.50. The molecule has 5 aromatic rings. The van der Waals surface area contributed by atoms with Crippen LogP contribution in [-0.4, -0.2) is 47.5 Å². The first kappa shape index (κ1) is 24.3. The average molecular weight is 526 g/mol. The number of nitrogens with one attached hydrogen (secondary N) is 1. The van der Waals surface area contributed by atoms with Crippen LogP contribution >= 0.6 is 11.3 Å². The molecule has 1 aliphatic rings. The molecule has 1 N–H and O–H groups in total. The van der Waals surface area contributed by atoms with Crippen LogP contribution in [0.2, 0.25) is 0 Å². The van der Waals surface area contributed by atoms with Crippen molar-refractivity contribution in [2.45, 2.75) is 52.0 Å². The van der Waals surface area contributed by atoms with Gasteiger partial charge in [0.15, 0.2) is 11.6 Å². The van der Waals surface area contributed by atoms with Crippen molar-refractivity contribution in [2.75, 3.05) is 0 Å². The number of nitrogens with zero attached hydrogens (tertiary/aromatic N) is 6. The van der Waals surface area contributed by atoms with Crippen LogP contribution in [0.25, 0.3) is 27.3 Å². The second-order valence-corrected chi connectivity index (χ2v) is 11.8. The van der Waals surface area contributed by atoms with Crippen molar-refractivity contribution in [3.63, 3.8) is 0 Å². The molecule has 0 unspecified atom stereocenters. The summed E-state index contributed by atoms with van der Waals surface area (Å²) in [5, 5.41) is 16.5. The van der Waals surface area contributed by atoms with Gasteiger partial charge < -0.3 is 5.32 Å². The Bertz CT molecular complexity index is 1690. The van der Waals surface area contributed by atoms with Gasteiger partial charge >= 0.3 is 0 Å². The summed E-state index contributed by atoms with van der Waals surface area (Å²) in [6.45, 7) is 7.29. The average Bonchev–Trinajstić information content (AvgIpc) is 3.36. The zero-order valence-corrected chi connectivity index (χ0v) is 22.4. The third-order valence-corrected chi connectivity index (χ3v) is 7.98. The summed E-state index contributed by atoms with van der Waals surface area (Å²) in [5.41, 5.74) is 5.35. The molecule has 38 heavy (non-hydrogen) atoms. The maximum Gasteiger partial charge on any atom is 0.271 e. The van der Waals surface area contributed by atoms with Crippen LogP contribution in [0, 0.1) is 5.41 Å². The Morgan fingerprint density at radius 1 is 1.05 bits per heavy atom. The standard InChI is InChI=1S/C28H27N7O2S/c1-16(36)23(27(2,3)4)31-24(37)18-7-5-17(6-8-18)21-14-29-26-33-32-25(35(26)34-21)28(11-12-28)19-9-10-20-22(13-19)38-15-30-20/h5-10,13-15,23H,11-12H2,1-4H3,(H,31,37)/t23-/m1/s1. The summed E-state index contributed by atoms with van der Waals surface area (Å²) >= 11 is 1.63. The highest BCUT2D eigenvalue weighted by atomic mass is 32.1. The Hall–Kier alpha value is -4.05. The summed E-state index contributed by atoms with van der Waals surface area (Å²) in [5.74, 6) is 0.862. The molecule has 1 atom stereocenters. The number of carbonyl (C=O) groups is 2. The van der Waals surface area contributed by atoms with Crippen molar-refractivity contribution < 1.29 is 9.59 Å². The Balaban J connectivity index is 1.29. The predicted molar refractivity (Wildman–Crippen MR) is 145 cm³/mol. The zero-order valence-electron chi connectivity index (χ0n) is 21.6. The van der Waals surface area contributed by atoms with Gasteiger partial charge in [-0.25, -0.2) is 9.97 Å². The molecule has 0 aliphatic heterocycles. The fraction of sp³-hybridized carbons (Fsp3) is 0.321. The molecule has 0 radical (unpaired) electrons. The van der Waals surface area contributed by atoms with Gasteiger partial charge in [0.1, 0.15) is 5.69 Å². The molecular weight excluding hydrogens is 498 g/mol. The number of ketones is 1. The van der Waals surface area contributed by atoms with E-state index in [1.807, 2.05) is 38.4 Å². The number of fused-ring (bicyclic) bond motifs is 2. The molecule has 1 amide bonds. The molecule has 0 saturated heterocycles. The second-order valence-electron chi connectivity index (χ2n) is 11.0.